The number of hydrogen-bond donors (Lipinski definition) is 1. The molecule has 0 saturated carbocycles. The number of carbonyl (C=O) groups is 1. The molecule has 122 valence electrons. The number of nitrogens with one attached hydrogen (secondary N) is 1. The molecule has 2 rings (SSSR count). The van der Waals surface area contributed by atoms with E-state index in [4.69, 9.17) is 4.74 Å². The van der Waals surface area contributed by atoms with Crippen LogP contribution in [0, 0.1) is 0 Å². The first kappa shape index (κ1) is 16.7. The third kappa shape index (κ3) is 4.38. The molecule has 1 heterocycles. The van der Waals surface area contributed by atoms with Crippen LogP contribution in [0.1, 0.15) is 29.0 Å². The number of nitrogens with zero attached hydrogens (tertiary/aromatic N) is 1. The second-order valence-electron chi connectivity index (χ2n) is 4.69. The summed E-state index contributed by atoms with van der Waals surface area (Å²) in [6.07, 6.45) is 1.64. The predicted octanol–water partition coefficient (Wildman–Crippen LogP) is 3.18. The Balaban J connectivity index is 2.13. The lowest BCUT2D eigenvalue weighted by Gasteiger charge is -2.15. The number of ether oxygens (including phenoxy) is 2. The van der Waals surface area contributed by atoms with Crippen molar-refractivity contribution in [1.29, 1.82) is 0 Å². The van der Waals surface area contributed by atoms with Crippen LogP contribution in [0.25, 0.3) is 0 Å². The van der Waals surface area contributed by atoms with Crippen LogP contribution in [0.15, 0.2) is 42.6 Å². The van der Waals surface area contributed by atoms with Crippen molar-refractivity contribution in [3.05, 3.63) is 53.9 Å². The Kier molecular flexibility index (Phi) is 5.46. The van der Waals surface area contributed by atoms with Gasteiger partial charge in [0.25, 0.3) is 5.91 Å². The van der Waals surface area contributed by atoms with Crippen LogP contribution >= 0.6 is 0 Å². The lowest BCUT2D eigenvalue weighted by Crippen LogP contribution is -2.27. The van der Waals surface area contributed by atoms with Gasteiger partial charge in [-0.25, -0.2) is 0 Å². The van der Waals surface area contributed by atoms with Gasteiger partial charge in [-0.3, -0.25) is 9.78 Å². The molecule has 1 amide bonds. The van der Waals surface area contributed by atoms with Gasteiger partial charge in [0.2, 0.25) is 0 Å². The normalized spacial score (nSPS) is 11.9. The topological polar surface area (TPSA) is 60.5 Å². The van der Waals surface area contributed by atoms with E-state index in [2.05, 4.69) is 15.0 Å². The first-order chi connectivity index (χ1) is 11.0. The molecule has 0 unspecified atom stereocenters. The van der Waals surface area contributed by atoms with Crippen LogP contribution in [-0.2, 0) is 0 Å². The predicted molar refractivity (Wildman–Crippen MR) is 79.7 cm³/mol. The molecule has 1 atom stereocenters. The van der Waals surface area contributed by atoms with E-state index in [1.165, 1.54) is 25.3 Å². The zero-order valence-corrected chi connectivity index (χ0v) is 12.6. The van der Waals surface area contributed by atoms with Crippen LogP contribution in [0.4, 0.5) is 8.78 Å². The number of benzene rings is 1. The van der Waals surface area contributed by atoms with Gasteiger partial charge in [0.15, 0.2) is 11.5 Å². The van der Waals surface area contributed by atoms with Crippen LogP contribution in [0.3, 0.4) is 0 Å². The Morgan fingerprint density at radius 1 is 1.22 bits per heavy atom. The zero-order valence-electron chi connectivity index (χ0n) is 12.6. The quantitative estimate of drug-likeness (QED) is 0.887. The number of carbonyl (C=O) groups excluding carboxylic acids is 1. The lowest BCUT2D eigenvalue weighted by atomic mass is 10.1. The minimum atomic E-state index is -2.97. The SMILES string of the molecule is COc1cc(C(=O)N[C@@H](C)c2ccccn2)ccc1OC(F)F. The van der Waals surface area contributed by atoms with Gasteiger partial charge in [-0.1, -0.05) is 6.07 Å². The van der Waals surface area contributed by atoms with Crippen LogP contribution in [-0.4, -0.2) is 24.6 Å². The lowest BCUT2D eigenvalue weighted by molar-refractivity contribution is -0.0512. The van der Waals surface area contributed by atoms with E-state index in [9.17, 15) is 13.6 Å². The summed E-state index contributed by atoms with van der Waals surface area (Å²) in [5, 5.41) is 2.78. The fourth-order valence-corrected chi connectivity index (χ4v) is 1.99. The van der Waals surface area contributed by atoms with Gasteiger partial charge >= 0.3 is 6.61 Å². The number of hydrogen-bond acceptors (Lipinski definition) is 4. The van der Waals surface area contributed by atoms with Crippen molar-refractivity contribution in [2.24, 2.45) is 0 Å². The van der Waals surface area contributed by atoms with Gasteiger partial charge in [-0.05, 0) is 37.3 Å². The Morgan fingerprint density at radius 2 is 2.00 bits per heavy atom. The largest absolute Gasteiger partial charge is 0.493 e. The average Bonchev–Trinajstić information content (AvgIpc) is 2.55. The molecule has 0 radical (unpaired) electrons. The summed E-state index contributed by atoms with van der Waals surface area (Å²) < 4.78 is 33.9. The van der Waals surface area contributed by atoms with Gasteiger partial charge < -0.3 is 14.8 Å². The van der Waals surface area contributed by atoms with Gasteiger partial charge in [0, 0.05) is 11.8 Å². The molecule has 0 saturated heterocycles. The molecule has 0 fully saturated rings. The highest BCUT2D eigenvalue weighted by molar-refractivity contribution is 5.95. The fraction of sp³-hybridized carbons (Fsp3) is 0.250. The van der Waals surface area contributed by atoms with E-state index in [1.54, 1.807) is 25.3 Å². The van der Waals surface area contributed by atoms with E-state index >= 15 is 0 Å². The summed E-state index contributed by atoms with van der Waals surface area (Å²) >= 11 is 0. The Bertz CT molecular complexity index is 666. The third-order valence-electron chi connectivity index (χ3n) is 3.12. The van der Waals surface area contributed by atoms with Crippen molar-refractivity contribution in [3.8, 4) is 11.5 Å². The highest BCUT2D eigenvalue weighted by atomic mass is 19.3. The summed E-state index contributed by atoms with van der Waals surface area (Å²) in [5.41, 5.74) is 0.983. The van der Waals surface area contributed by atoms with E-state index in [1.807, 2.05) is 6.07 Å². The maximum absolute atomic E-state index is 12.3. The summed E-state index contributed by atoms with van der Waals surface area (Å²) in [6.45, 7) is -1.17. The fourth-order valence-electron chi connectivity index (χ4n) is 1.99. The molecular weight excluding hydrogens is 306 g/mol. The zero-order chi connectivity index (χ0) is 16.8. The molecule has 0 aliphatic rings. The molecular formula is C16H16F2N2O3. The number of methoxy groups -OCH3 is 1. The average molecular weight is 322 g/mol. The molecule has 23 heavy (non-hydrogen) atoms. The van der Waals surface area contributed by atoms with Crippen LogP contribution in [0.2, 0.25) is 0 Å². The van der Waals surface area contributed by atoms with Gasteiger partial charge in [0.05, 0.1) is 18.8 Å². The monoisotopic (exact) mass is 322 g/mol. The van der Waals surface area contributed by atoms with Crippen molar-refractivity contribution >= 4 is 5.91 Å². The molecule has 1 aromatic heterocycles. The number of aromatic nitrogens is 1. The molecule has 0 aliphatic heterocycles. The van der Waals surface area contributed by atoms with Crippen molar-refractivity contribution in [1.82, 2.24) is 10.3 Å². The third-order valence-corrected chi connectivity index (χ3v) is 3.12. The van der Waals surface area contributed by atoms with Crippen LogP contribution in [0.5, 0.6) is 11.5 Å². The highest BCUT2D eigenvalue weighted by Crippen LogP contribution is 2.29. The van der Waals surface area contributed by atoms with E-state index < -0.39 is 6.61 Å². The maximum Gasteiger partial charge on any atom is 0.387 e. The molecule has 5 nitrogen and oxygen atoms in total. The Morgan fingerprint density at radius 3 is 2.61 bits per heavy atom. The molecule has 2 aromatic rings. The van der Waals surface area contributed by atoms with Gasteiger partial charge in [0.1, 0.15) is 0 Å². The second-order valence-corrected chi connectivity index (χ2v) is 4.69. The maximum atomic E-state index is 12.3. The second kappa shape index (κ2) is 7.53. The summed E-state index contributed by atoms with van der Waals surface area (Å²) in [4.78, 5) is 16.4. The Hall–Kier alpha value is -2.70. The highest BCUT2D eigenvalue weighted by Gasteiger charge is 2.16. The molecule has 1 N–H and O–H groups in total. The molecule has 0 bridgehead atoms. The minimum absolute atomic E-state index is 0.0587. The minimum Gasteiger partial charge on any atom is -0.493 e. The summed E-state index contributed by atoms with van der Waals surface area (Å²) in [5.74, 6) is -0.440. The van der Waals surface area contributed by atoms with Crippen molar-refractivity contribution < 1.29 is 23.0 Å². The summed E-state index contributed by atoms with van der Waals surface area (Å²) in [7, 11) is 1.31. The molecule has 7 heteroatoms. The number of amides is 1. The van der Waals surface area contributed by atoms with Crippen molar-refractivity contribution in [3.63, 3.8) is 0 Å². The molecule has 1 aromatic carbocycles. The Labute approximate surface area is 132 Å². The standard InChI is InChI=1S/C16H16F2N2O3/c1-10(12-5-3-4-8-19-12)20-15(21)11-6-7-13(23-16(17)18)14(9-11)22-2/h3-10,16H,1-2H3,(H,20,21)/t10-/m0/s1. The first-order valence-electron chi connectivity index (χ1n) is 6.86. The summed E-state index contributed by atoms with van der Waals surface area (Å²) in [6, 6.07) is 9.11. The van der Waals surface area contributed by atoms with Gasteiger partial charge in [-0.15, -0.1) is 0 Å². The number of halogens is 2. The molecule has 0 aliphatic carbocycles. The smallest absolute Gasteiger partial charge is 0.387 e. The molecule has 0 spiro atoms. The van der Waals surface area contributed by atoms with Crippen molar-refractivity contribution in [2.45, 2.75) is 19.6 Å². The van der Waals surface area contributed by atoms with E-state index in [-0.39, 0.29) is 29.0 Å². The number of pyridine rings is 1. The van der Waals surface area contributed by atoms with E-state index in [0.717, 1.165) is 0 Å². The van der Waals surface area contributed by atoms with Crippen molar-refractivity contribution in [2.75, 3.05) is 7.11 Å². The van der Waals surface area contributed by atoms with Crippen LogP contribution < -0.4 is 14.8 Å². The number of rotatable bonds is 6. The first-order valence-corrected chi connectivity index (χ1v) is 6.86. The number of alkyl halides is 2. The van der Waals surface area contributed by atoms with E-state index in [0.29, 0.717) is 5.69 Å². The van der Waals surface area contributed by atoms with Gasteiger partial charge in [-0.2, -0.15) is 8.78 Å².